The molecule has 0 spiro atoms. The Morgan fingerprint density at radius 2 is 2.08 bits per heavy atom. The van der Waals surface area contributed by atoms with Gasteiger partial charge in [0.2, 0.25) is 0 Å². The van der Waals surface area contributed by atoms with Crippen molar-refractivity contribution in [2.75, 3.05) is 26.3 Å². The Morgan fingerprint density at radius 3 is 2.75 bits per heavy atom. The number of nitrogens with zero attached hydrogens (tertiary/aromatic N) is 1. The van der Waals surface area contributed by atoms with Crippen LogP contribution in [0.2, 0.25) is 0 Å². The monoisotopic (exact) mass is 173 g/mol. The van der Waals surface area contributed by atoms with Crippen LogP contribution in [-0.4, -0.2) is 47.5 Å². The van der Waals surface area contributed by atoms with Crippen LogP contribution >= 0.6 is 0 Å². The van der Waals surface area contributed by atoms with E-state index in [0.29, 0.717) is 12.6 Å². The van der Waals surface area contributed by atoms with Crippen molar-refractivity contribution in [1.82, 2.24) is 4.90 Å². The number of hydrogen-bond donors (Lipinski definition) is 2. The first kappa shape index (κ1) is 9.96. The van der Waals surface area contributed by atoms with Gasteiger partial charge >= 0.3 is 0 Å². The minimum atomic E-state index is 0.260. The first-order valence-corrected chi connectivity index (χ1v) is 4.84. The van der Waals surface area contributed by atoms with Crippen molar-refractivity contribution in [1.29, 1.82) is 0 Å². The van der Waals surface area contributed by atoms with E-state index in [9.17, 15) is 0 Å². The van der Waals surface area contributed by atoms with Crippen molar-refractivity contribution in [3.05, 3.63) is 0 Å². The molecule has 0 aromatic rings. The highest BCUT2D eigenvalue weighted by Crippen LogP contribution is 2.20. The molecule has 72 valence electrons. The normalized spacial score (nSPS) is 25.0. The lowest BCUT2D eigenvalue weighted by Gasteiger charge is -2.22. The van der Waals surface area contributed by atoms with Gasteiger partial charge in [-0.15, -0.1) is 0 Å². The van der Waals surface area contributed by atoms with E-state index >= 15 is 0 Å². The Balaban J connectivity index is 2.20. The van der Waals surface area contributed by atoms with Crippen molar-refractivity contribution in [2.24, 2.45) is 0 Å². The average molecular weight is 173 g/mol. The first-order chi connectivity index (χ1) is 5.88. The molecule has 0 aromatic heterocycles. The van der Waals surface area contributed by atoms with Crippen molar-refractivity contribution >= 4 is 0 Å². The minimum absolute atomic E-state index is 0.260. The lowest BCUT2D eigenvalue weighted by molar-refractivity contribution is 0.171. The zero-order valence-corrected chi connectivity index (χ0v) is 7.58. The molecule has 3 nitrogen and oxygen atoms in total. The summed E-state index contributed by atoms with van der Waals surface area (Å²) in [5.74, 6) is 0. The summed E-state index contributed by atoms with van der Waals surface area (Å²) in [6.07, 6.45) is 4.46. The fourth-order valence-electron chi connectivity index (χ4n) is 1.97. The van der Waals surface area contributed by atoms with Crippen LogP contribution < -0.4 is 0 Å². The number of β-amino-alcohol motifs (C(OH)–C–C–N with tert-alkyl or cyclic N) is 1. The van der Waals surface area contributed by atoms with E-state index < -0.39 is 0 Å². The van der Waals surface area contributed by atoms with Crippen LogP contribution in [0.4, 0.5) is 0 Å². The van der Waals surface area contributed by atoms with Crippen molar-refractivity contribution in [2.45, 2.75) is 31.7 Å². The van der Waals surface area contributed by atoms with Gasteiger partial charge in [0.25, 0.3) is 0 Å². The highest BCUT2D eigenvalue weighted by molar-refractivity contribution is 4.78. The molecule has 1 aliphatic rings. The second-order valence-electron chi connectivity index (χ2n) is 3.42. The molecule has 1 atom stereocenters. The molecule has 3 heteroatoms. The molecule has 0 amide bonds. The summed E-state index contributed by atoms with van der Waals surface area (Å²) in [5.41, 5.74) is 0. The Morgan fingerprint density at radius 1 is 1.25 bits per heavy atom. The van der Waals surface area contributed by atoms with Gasteiger partial charge < -0.3 is 10.2 Å². The lowest BCUT2D eigenvalue weighted by atomic mass is 10.1. The number of aliphatic hydroxyl groups is 2. The second kappa shape index (κ2) is 5.51. The zero-order valence-electron chi connectivity index (χ0n) is 7.58. The minimum Gasteiger partial charge on any atom is -0.396 e. The van der Waals surface area contributed by atoms with Crippen molar-refractivity contribution < 1.29 is 10.2 Å². The largest absolute Gasteiger partial charge is 0.396 e. The van der Waals surface area contributed by atoms with Gasteiger partial charge in [0.05, 0.1) is 6.61 Å². The second-order valence-corrected chi connectivity index (χ2v) is 3.42. The van der Waals surface area contributed by atoms with Gasteiger partial charge in [-0.3, -0.25) is 4.90 Å². The van der Waals surface area contributed by atoms with Crippen LogP contribution in [-0.2, 0) is 0 Å². The molecule has 1 fully saturated rings. The topological polar surface area (TPSA) is 43.7 Å². The number of aliphatic hydroxyl groups excluding tert-OH is 2. The third kappa shape index (κ3) is 2.73. The van der Waals surface area contributed by atoms with Crippen LogP contribution in [0, 0.1) is 0 Å². The Kier molecular flexibility index (Phi) is 4.58. The van der Waals surface area contributed by atoms with Gasteiger partial charge in [0, 0.05) is 19.2 Å². The molecule has 0 aliphatic carbocycles. The summed E-state index contributed by atoms with van der Waals surface area (Å²) in [4.78, 5) is 2.33. The summed E-state index contributed by atoms with van der Waals surface area (Å²) in [5, 5.41) is 17.5. The highest BCUT2D eigenvalue weighted by Gasteiger charge is 2.22. The van der Waals surface area contributed by atoms with Crippen LogP contribution in [0.5, 0.6) is 0 Å². The van der Waals surface area contributed by atoms with E-state index in [-0.39, 0.29) is 6.61 Å². The number of hydrogen-bond acceptors (Lipinski definition) is 3. The Bertz CT molecular complexity index is 119. The van der Waals surface area contributed by atoms with E-state index in [1.807, 2.05) is 0 Å². The van der Waals surface area contributed by atoms with Gasteiger partial charge in [-0.1, -0.05) is 0 Å². The van der Waals surface area contributed by atoms with Crippen LogP contribution in [0.25, 0.3) is 0 Å². The molecule has 1 saturated heterocycles. The fourth-order valence-corrected chi connectivity index (χ4v) is 1.97. The average Bonchev–Trinajstić information content (AvgIpc) is 2.50. The fraction of sp³-hybridized carbons (Fsp3) is 1.00. The molecule has 1 unspecified atom stereocenters. The summed E-state index contributed by atoms with van der Waals surface area (Å²) in [6.45, 7) is 2.48. The number of rotatable bonds is 5. The molecule has 0 saturated carbocycles. The molecule has 0 bridgehead atoms. The summed E-state index contributed by atoms with van der Waals surface area (Å²) in [6, 6.07) is 0.615. The lowest BCUT2D eigenvalue weighted by Crippen LogP contribution is -2.32. The quantitative estimate of drug-likeness (QED) is 0.625. The van der Waals surface area contributed by atoms with Crippen LogP contribution in [0.3, 0.4) is 0 Å². The smallest absolute Gasteiger partial charge is 0.0558 e. The van der Waals surface area contributed by atoms with Crippen molar-refractivity contribution in [3.8, 4) is 0 Å². The molecular weight excluding hydrogens is 154 g/mol. The molecular formula is C9H19NO2. The molecule has 2 N–H and O–H groups in total. The summed E-state index contributed by atoms with van der Waals surface area (Å²) >= 11 is 0. The SMILES string of the molecule is OCCCC1CCCN1CCO. The molecule has 0 radical (unpaired) electrons. The summed E-state index contributed by atoms with van der Waals surface area (Å²) < 4.78 is 0. The number of likely N-dealkylation sites (tertiary alicyclic amines) is 1. The molecule has 1 rings (SSSR count). The highest BCUT2D eigenvalue weighted by atomic mass is 16.3. The standard InChI is InChI=1S/C9H19NO2/c11-7-2-4-9-3-1-5-10(9)6-8-12/h9,11-12H,1-8H2. The van der Waals surface area contributed by atoms with E-state index in [0.717, 1.165) is 25.9 Å². The third-order valence-corrected chi connectivity index (χ3v) is 2.58. The molecule has 12 heavy (non-hydrogen) atoms. The molecule has 1 aliphatic heterocycles. The van der Waals surface area contributed by atoms with E-state index in [4.69, 9.17) is 10.2 Å². The third-order valence-electron chi connectivity index (χ3n) is 2.58. The summed E-state index contributed by atoms with van der Waals surface area (Å²) in [7, 11) is 0. The van der Waals surface area contributed by atoms with Gasteiger partial charge in [-0.25, -0.2) is 0 Å². The maximum Gasteiger partial charge on any atom is 0.0558 e. The van der Waals surface area contributed by atoms with E-state index in [1.54, 1.807) is 0 Å². The molecule has 0 aromatic carbocycles. The predicted molar refractivity (Wildman–Crippen MR) is 48.0 cm³/mol. The van der Waals surface area contributed by atoms with Crippen LogP contribution in [0.15, 0.2) is 0 Å². The van der Waals surface area contributed by atoms with Gasteiger partial charge in [0.1, 0.15) is 0 Å². The zero-order chi connectivity index (χ0) is 8.81. The van der Waals surface area contributed by atoms with Gasteiger partial charge in [-0.2, -0.15) is 0 Å². The maximum atomic E-state index is 8.78. The van der Waals surface area contributed by atoms with Crippen LogP contribution in [0.1, 0.15) is 25.7 Å². The van der Waals surface area contributed by atoms with Gasteiger partial charge in [-0.05, 0) is 32.2 Å². The van der Waals surface area contributed by atoms with E-state index in [2.05, 4.69) is 4.90 Å². The Labute approximate surface area is 74.0 Å². The Hall–Kier alpha value is -0.120. The first-order valence-electron chi connectivity index (χ1n) is 4.84. The predicted octanol–water partition coefficient (Wildman–Crippen LogP) is 0.216. The van der Waals surface area contributed by atoms with Crippen molar-refractivity contribution in [3.63, 3.8) is 0 Å². The maximum absolute atomic E-state index is 8.78. The van der Waals surface area contributed by atoms with Gasteiger partial charge in [0.15, 0.2) is 0 Å². The van der Waals surface area contributed by atoms with E-state index in [1.165, 1.54) is 12.8 Å². The molecule has 1 heterocycles.